The minimum Gasteiger partial charge on any atom is -0.254 e. The molecule has 0 amide bonds. The van der Waals surface area contributed by atoms with Crippen molar-refractivity contribution >= 4 is 28.6 Å². The topological polar surface area (TPSA) is 25.2 Å². The van der Waals surface area contributed by atoms with E-state index in [0.717, 1.165) is 32.3 Å². The number of hydrogen-bond donors (Lipinski definition) is 0. The molecule has 3 heteroatoms. The van der Waals surface area contributed by atoms with Crippen molar-refractivity contribution in [2.24, 2.45) is 4.99 Å². The van der Waals surface area contributed by atoms with Crippen LogP contribution in [-0.4, -0.2) is 11.2 Å². The number of aliphatic imine (C=N–C) groups is 1. The van der Waals surface area contributed by atoms with Crippen LogP contribution in [0.5, 0.6) is 0 Å². The molecule has 0 bridgehead atoms. The van der Waals surface area contributed by atoms with Gasteiger partial charge in [-0.3, -0.25) is 4.99 Å². The second-order valence-corrected chi connectivity index (χ2v) is 6.67. The van der Waals surface area contributed by atoms with Gasteiger partial charge in [-0.2, -0.15) is 0 Å². The lowest BCUT2D eigenvalue weighted by Crippen LogP contribution is -1.88. The number of rotatable bonds is 2. The van der Waals surface area contributed by atoms with Gasteiger partial charge in [0.05, 0.1) is 5.70 Å². The third kappa shape index (κ3) is 2.91. The number of aryl methyl sites for hydroxylation is 1. The van der Waals surface area contributed by atoms with E-state index >= 15 is 0 Å². The van der Waals surface area contributed by atoms with Gasteiger partial charge in [-0.15, -0.1) is 0 Å². The Hall–Kier alpha value is -2.65. The van der Waals surface area contributed by atoms with Crippen molar-refractivity contribution in [2.45, 2.75) is 11.9 Å². The van der Waals surface area contributed by atoms with E-state index in [1.165, 1.54) is 5.56 Å². The predicted molar refractivity (Wildman–Crippen MR) is 102 cm³/mol. The number of aromatic nitrogens is 1. The van der Waals surface area contributed by atoms with Crippen LogP contribution in [0.2, 0.25) is 0 Å². The third-order valence-corrected chi connectivity index (χ3v) is 5.08. The zero-order valence-electron chi connectivity index (χ0n) is 13.3. The molecule has 2 nitrogen and oxygen atoms in total. The van der Waals surface area contributed by atoms with Crippen LogP contribution in [-0.2, 0) is 0 Å². The summed E-state index contributed by atoms with van der Waals surface area (Å²) in [5.74, 6) is 0. The fourth-order valence-corrected chi connectivity index (χ4v) is 3.69. The third-order valence-electron chi connectivity index (χ3n) is 3.91. The molecule has 0 N–H and O–H groups in total. The van der Waals surface area contributed by atoms with E-state index in [9.17, 15) is 0 Å². The Morgan fingerprint density at radius 3 is 2.38 bits per heavy atom. The quantitative estimate of drug-likeness (QED) is 0.626. The van der Waals surface area contributed by atoms with E-state index in [1.54, 1.807) is 11.8 Å². The molecule has 4 rings (SSSR count). The fraction of sp³-hybridized carbons (Fsp3) is 0.0476. The zero-order valence-corrected chi connectivity index (χ0v) is 14.1. The number of fused-ring (bicyclic) bond motifs is 1. The van der Waals surface area contributed by atoms with Gasteiger partial charge in [0.15, 0.2) is 0 Å². The summed E-state index contributed by atoms with van der Waals surface area (Å²) in [6.45, 7) is 2.10. The first-order valence-electron chi connectivity index (χ1n) is 7.85. The van der Waals surface area contributed by atoms with Gasteiger partial charge < -0.3 is 0 Å². The lowest BCUT2D eigenvalue weighted by atomic mass is 10.1. The van der Waals surface area contributed by atoms with Gasteiger partial charge in [-0.05, 0) is 24.6 Å². The lowest BCUT2D eigenvalue weighted by Gasteiger charge is -2.11. The van der Waals surface area contributed by atoms with Crippen LogP contribution in [0.4, 0.5) is 0 Å². The summed E-state index contributed by atoms with van der Waals surface area (Å²) in [7, 11) is 0. The minimum atomic E-state index is 0.988. The molecular formula is C21H16N2S. The molecule has 0 saturated carbocycles. The Kier molecular flexibility index (Phi) is 4.01. The number of hydrogen-bond acceptors (Lipinski definition) is 3. The van der Waals surface area contributed by atoms with Gasteiger partial charge in [-0.1, -0.05) is 71.9 Å². The number of nitrogens with zero attached hydrogens (tertiary/aromatic N) is 2. The Morgan fingerprint density at radius 2 is 1.58 bits per heavy atom. The summed E-state index contributed by atoms with van der Waals surface area (Å²) in [6.07, 6.45) is 3.75. The van der Waals surface area contributed by atoms with Crippen LogP contribution in [0, 0.1) is 6.92 Å². The first-order chi connectivity index (χ1) is 11.8. The van der Waals surface area contributed by atoms with E-state index in [4.69, 9.17) is 4.99 Å². The highest BCUT2D eigenvalue weighted by Gasteiger charge is 2.17. The fourth-order valence-electron chi connectivity index (χ4n) is 2.63. The van der Waals surface area contributed by atoms with Crippen LogP contribution < -0.4 is 0 Å². The van der Waals surface area contributed by atoms with Gasteiger partial charge in [-0.25, -0.2) is 4.98 Å². The van der Waals surface area contributed by atoms with Crippen LogP contribution >= 0.6 is 11.8 Å². The van der Waals surface area contributed by atoms with Gasteiger partial charge in [0, 0.05) is 28.4 Å². The standard InChI is InChI=1S/C21H16N2S/c1-15-9-11-16(12-10-15)19-20(17-6-3-2-4-7-17)24-21-18(14-23-19)8-5-13-22-21/h2-14H,1H3. The molecule has 0 unspecified atom stereocenters. The Morgan fingerprint density at radius 1 is 0.792 bits per heavy atom. The molecule has 0 radical (unpaired) electrons. The summed E-state index contributed by atoms with van der Waals surface area (Å²) < 4.78 is 0. The maximum atomic E-state index is 4.82. The number of thioether (sulfide) groups is 1. The maximum absolute atomic E-state index is 4.82. The highest BCUT2D eigenvalue weighted by Crippen LogP contribution is 2.42. The van der Waals surface area contributed by atoms with Gasteiger partial charge in [0.2, 0.25) is 0 Å². The lowest BCUT2D eigenvalue weighted by molar-refractivity contribution is 1.13. The Balaban J connectivity index is 1.92. The molecule has 24 heavy (non-hydrogen) atoms. The van der Waals surface area contributed by atoms with Crippen LogP contribution in [0.15, 0.2) is 82.9 Å². The van der Waals surface area contributed by atoms with E-state index in [0.29, 0.717) is 0 Å². The first-order valence-corrected chi connectivity index (χ1v) is 8.66. The predicted octanol–water partition coefficient (Wildman–Crippen LogP) is 5.44. The molecule has 1 aliphatic heterocycles. The van der Waals surface area contributed by atoms with Crippen molar-refractivity contribution < 1.29 is 0 Å². The SMILES string of the molecule is Cc1ccc(C2=C(c3ccccc3)Sc3ncccc3C=N2)cc1. The smallest absolute Gasteiger partial charge is 0.110 e. The summed E-state index contributed by atoms with van der Waals surface area (Å²) in [6, 6.07) is 22.9. The summed E-state index contributed by atoms with van der Waals surface area (Å²) in [4.78, 5) is 10.5. The van der Waals surface area contributed by atoms with Crippen LogP contribution in [0.1, 0.15) is 22.3 Å². The molecule has 116 valence electrons. The van der Waals surface area contributed by atoms with Crippen molar-refractivity contribution in [2.75, 3.05) is 0 Å². The second kappa shape index (κ2) is 6.46. The highest BCUT2D eigenvalue weighted by atomic mass is 32.2. The number of pyridine rings is 1. The second-order valence-electron chi connectivity index (χ2n) is 5.67. The van der Waals surface area contributed by atoms with E-state index < -0.39 is 0 Å². The van der Waals surface area contributed by atoms with Crippen LogP contribution in [0.25, 0.3) is 10.6 Å². The molecule has 2 aromatic carbocycles. The van der Waals surface area contributed by atoms with Crippen molar-refractivity contribution in [3.05, 3.63) is 95.2 Å². The Labute approximate surface area is 146 Å². The molecule has 0 aliphatic carbocycles. The van der Waals surface area contributed by atoms with E-state index in [-0.39, 0.29) is 0 Å². The normalized spacial score (nSPS) is 13.5. The Bertz CT molecular complexity index is 926. The summed E-state index contributed by atoms with van der Waals surface area (Å²) >= 11 is 1.68. The molecule has 0 spiro atoms. The maximum Gasteiger partial charge on any atom is 0.110 e. The summed E-state index contributed by atoms with van der Waals surface area (Å²) in [5, 5.41) is 0.988. The van der Waals surface area contributed by atoms with Gasteiger partial charge in [0.25, 0.3) is 0 Å². The average molecular weight is 328 g/mol. The molecular weight excluding hydrogens is 312 g/mol. The molecule has 2 heterocycles. The molecule has 0 saturated heterocycles. The van der Waals surface area contributed by atoms with Gasteiger partial charge >= 0.3 is 0 Å². The van der Waals surface area contributed by atoms with Gasteiger partial charge in [0.1, 0.15) is 5.03 Å². The van der Waals surface area contributed by atoms with Crippen molar-refractivity contribution in [3.63, 3.8) is 0 Å². The average Bonchev–Trinajstić information content (AvgIpc) is 2.83. The minimum absolute atomic E-state index is 0.988. The number of benzene rings is 2. The summed E-state index contributed by atoms with van der Waals surface area (Å²) in [5.41, 5.74) is 5.57. The highest BCUT2D eigenvalue weighted by molar-refractivity contribution is 8.08. The monoisotopic (exact) mass is 328 g/mol. The molecule has 0 atom stereocenters. The molecule has 0 fully saturated rings. The van der Waals surface area contributed by atoms with Crippen LogP contribution in [0.3, 0.4) is 0 Å². The largest absolute Gasteiger partial charge is 0.254 e. The zero-order chi connectivity index (χ0) is 16.4. The van der Waals surface area contributed by atoms with Crippen molar-refractivity contribution in [3.8, 4) is 0 Å². The van der Waals surface area contributed by atoms with Crippen molar-refractivity contribution in [1.82, 2.24) is 4.98 Å². The first kappa shape index (κ1) is 14.9. The van der Waals surface area contributed by atoms with Crippen molar-refractivity contribution in [1.29, 1.82) is 0 Å². The molecule has 1 aromatic heterocycles. The van der Waals surface area contributed by atoms with E-state index in [1.807, 2.05) is 24.5 Å². The molecule has 3 aromatic rings. The molecule has 1 aliphatic rings. The van der Waals surface area contributed by atoms with E-state index in [2.05, 4.69) is 66.5 Å².